The Morgan fingerprint density at radius 1 is 1.22 bits per heavy atom. The van der Waals surface area contributed by atoms with E-state index in [0.29, 0.717) is 0 Å². The average Bonchev–Trinajstić information content (AvgIpc) is 3.03. The molecule has 0 radical (unpaired) electrons. The normalized spacial score (nSPS) is 23.4. The molecular weight excluding hydrogens is 520 g/mol. The standard InChI is InChI=1S/C10H17N3O6S.C10H17NO4S/c11-5(10(18)19)1-2-7(14)13-6(4-20)9(17)12-3-8(15)16;1-4(2)6(12)10(9(15)16)7(13)5(3)8(14)11-10/h5-6,20H,1-4,11H2,(H,12,17)(H,13,14)(H,15,16)(H,18,19);4-7,12-13H,1-3H3,(H,11,14)(H,15,16). The van der Waals surface area contributed by atoms with Gasteiger partial charge < -0.3 is 47.2 Å². The maximum Gasteiger partial charge on any atom is 0.322 e. The van der Waals surface area contributed by atoms with Crippen LogP contribution in [0.4, 0.5) is 0 Å². The lowest BCUT2D eigenvalue weighted by atomic mass is 9.80. The molecule has 0 aromatic rings. The molecule has 1 rings (SSSR count). The average molecular weight is 555 g/mol. The van der Waals surface area contributed by atoms with E-state index in [0.717, 1.165) is 0 Å². The Labute approximate surface area is 218 Å². The van der Waals surface area contributed by atoms with Gasteiger partial charge in [0.15, 0.2) is 10.6 Å². The Bertz CT molecular complexity index is 843. The second-order valence-electron chi connectivity index (χ2n) is 8.48. The summed E-state index contributed by atoms with van der Waals surface area (Å²) in [6, 6.07) is -2.15. The summed E-state index contributed by atoms with van der Waals surface area (Å²) < 4.78 is 0. The molecule has 3 amide bonds. The van der Waals surface area contributed by atoms with Gasteiger partial charge in [0, 0.05) is 12.2 Å². The zero-order valence-corrected chi connectivity index (χ0v) is 21.7. The van der Waals surface area contributed by atoms with Crippen molar-refractivity contribution in [1.82, 2.24) is 16.0 Å². The number of carbonyl (C=O) groups excluding carboxylic acids is 3. The van der Waals surface area contributed by atoms with Crippen LogP contribution in [-0.4, -0.2) is 102 Å². The SMILES string of the molecule is CC(C)C(O)C1(C(O)=S)NC(=O)C(C)C1O.NC(CCC(=O)NC(CS)C(=O)NCC(=O)O)C(=O)O. The minimum Gasteiger partial charge on any atom is -0.500 e. The minimum absolute atomic E-state index is 0.0256. The molecule has 0 aromatic carbocycles. The van der Waals surface area contributed by atoms with Crippen molar-refractivity contribution in [1.29, 1.82) is 0 Å². The third-order valence-electron chi connectivity index (χ3n) is 5.38. The zero-order valence-electron chi connectivity index (χ0n) is 20.0. The van der Waals surface area contributed by atoms with Gasteiger partial charge in [-0.2, -0.15) is 12.6 Å². The van der Waals surface area contributed by atoms with E-state index in [1.807, 2.05) is 0 Å². The molecule has 206 valence electrons. The number of carboxylic acid groups (broad SMARTS) is 2. The van der Waals surface area contributed by atoms with E-state index < -0.39 is 77.0 Å². The van der Waals surface area contributed by atoms with Crippen molar-refractivity contribution < 1.29 is 49.5 Å². The van der Waals surface area contributed by atoms with Crippen molar-refractivity contribution in [2.24, 2.45) is 17.6 Å². The fraction of sp³-hybridized carbons (Fsp3) is 0.700. The van der Waals surface area contributed by atoms with E-state index in [1.54, 1.807) is 13.8 Å². The molecule has 36 heavy (non-hydrogen) atoms. The third-order valence-corrected chi connectivity index (χ3v) is 6.09. The summed E-state index contributed by atoms with van der Waals surface area (Å²) in [5.41, 5.74) is 3.60. The van der Waals surface area contributed by atoms with Gasteiger partial charge in [-0.1, -0.05) is 20.8 Å². The van der Waals surface area contributed by atoms with Gasteiger partial charge in [-0.25, -0.2) is 0 Å². The fourth-order valence-electron chi connectivity index (χ4n) is 3.17. The van der Waals surface area contributed by atoms with Crippen LogP contribution in [0.1, 0.15) is 33.6 Å². The van der Waals surface area contributed by atoms with E-state index in [9.17, 15) is 39.3 Å². The number of hydrogen-bond acceptors (Lipinski definition) is 10. The summed E-state index contributed by atoms with van der Waals surface area (Å²) in [5, 5.41) is 52.7. The number of carbonyl (C=O) groups is 5. The zero-order chi connectivity index (χ0) is 28.4. The van der Waals surface area contributed by atoms with Crippen molar-refractivity contribution in [3.05, 3.63) is 0 Å². The van der Waals surface area contributed by atoms with Crippen molar-refractivity contribution in [2.45, 2.75) is 63.4 Å². The Kier molecular flexibility index (Phi) is 13.8. The maximum atomic E-state index is 11.5. The van der Waals surface area contributed by atoms with Crippen LogP contribution >= 0.6 is 24.8 Å². The van der Waals surface area contributed by atoms with Crippen LogP contribution in [0.3, 0.4) is 0 Å². The predicted molar refractivity (Wildman–Crippen MR) is 133 cm³/mol. The lowest BCUT2D eigenvalue weighted by molar-refractivity contribution is -0.139. The molecule has 0 aromatic heterocycles. The largest absolute Gasteiger partial charge is 0.500 e. The van der Waals surface area contributed by atoms with Gasteiger partial charge in [0.1, 0.15) is 18.6 Å². The summed E-state index contributed by atoms with van der Waals surface area (Å²) in [6.45, 7) is 4.38. The highest BCUT2D eigenvalue weighted by molar-refractivity contribution is 7.80. The third kappa shape index (κ3) is 9.16. The Balaban J connectivity index is 0.000000696. The number of nitrogens with one attached hydrogen (secondary N) is 3. The molecule has 1 aliphatic rings. The topological polar surface area (TPSA) is 249 Å². The van der Waals surface area contributed by atoms with Gasteiger partial charge in [0.2, 0.25) is 17.7 Å². The molecule has 0 spiro atoms. The Hall–Kier alpha value is -2.53. The van der Waals surface area contributed by atoms with Gasteiger partial charge in [-0.3, -0.25) is 24.0 Å². The summed E-state index contributed by atoms with van der Waals surface area (Å²) >= 11 is 8.54. The highest BCUT2D eigenvalue weighted by Crippen LogP contribution is 2.32. The van der Waals surface area contributed by atoms with Crippen LogP contribution in [-0.2, 0) is 24.0 Å². The first kappa shape index (κ1) is 33.5. The maximum absolute atomic E-state index is 11.5. The molecule has 1 aliphatic heterocycles. The molecule has 1 saturated heterocycles. The fourth-order valence-corrected chi connectivity index (χ4v) is 3.72. The molecule has 1 fully saturated rings. The van der Waals surface area contributed by atoms with Crippen molar-refractivity contribution in [2.75, 3.05) is 12.3 Å². The quantitative estimate of drug-likeness (QED) is 0.0891. The molecule has 6 unspecified atom stereocenters. The first-order chi connectivity index (χ1) is 16.5. The number of amides is 3. The first-order valence-corrected chi connectivity index (χ1v) is 11.9. The molecule has 16 heteroatoms. The van der Waals surface area contributed by atoms with Gasteiger partial charge in [-0.15, -0.1) is 0 Å². The predicted octanol–water partition coefficient (Wildman–Crippen LogP) is -2.45. The molecule has 0 bridgehead atoms. The first-order valence-electron chi connectivity index (χ1n) is 10.8. The molecule has 0 saturated carbocycles. The number of aliphatic carboxylic acids is 2. The van der Waals surface area contributed by atoms with E-state index in [4.69, 9.17) is 15.9 Å². The lowest BCUT2D eigenvalue weighted by Gasteiger charge is -2.37. The number of aliphatic hydroxyl groups is 3. The molecule has 14 nitrogen and oxygen atoms in total. The molecule has 1 heterocycles. The molecule has 6 atom stereocenters. The molecule has 0 aliphatic carbocycles. The van der Waals surface area contributed by atoms with Crippen LogP contribution < -0.4 is 21.7 Å². The number of carboxylic acids is 2. The van der Waals surface area contributed by atoms with Crippen LogP contribution in [0, 0.1) is 11.8 Å². The van der Waals surface area contributed by atoms with Crippen molar-refractivity contribution in [3.8, 4) is 0 Å². The van der Waals surface area contributed by atoms with Crippen LogP contribution in [0.25, 0.3) is 0 Å². The van der Waals surface area contributed by atoms with E-state index in [1.165, 1.54) is 6.92 Å². The lowest BCUT2D eigenvalue weighted by Crippen LogP contribution is -2.64. The monoisotopic (exact) mass is 554 g/mol. The van der Waals surface area contributed by atoms with Gasteiger partial charge in [0.25, 0.3) is 0 Å². The number of thiol groups is 1. The summed E-state index contributed by atoms with van der Waals surface area (Å²) in [4.78, 5) is 55.2. The van der Waals surface area contributed by atoms with E-state index >= 15 is 0 Å². The highest BCUT2D eigenvalue weighted by atomic mass is 32.1. The van der Waals surface area contributed by atoms with Crippen molar-refractivity contribution in [3.63, 3.8) is 0 Å². The molecule has 10 N–H and O–H groups in total. The Morgan fingerprint density at radius 3 is 2.14 bits per heavy atom. The van der Waals surface area contributed by atoms with Gasteiger partial charge in [-0.05, 0) is 24.6 Å². The highest BCUT2D eigenvalue weighted by Gasteiger charge is 2.58. The van der Waals surface area contributed by atoms with Crippen LogP contribution in [0.5, 0.6) is 0 Å². The second-order valence-corrected chi connectivity index (χ2v) is 9.24. The van der Waals surface area contributed by atoms with E-state index in [2.05, 4.69) is 40.8 Å². The summed E-state index contributed by atoms with van der Waals surface area (Å²) in [6.07, 6.45) is -2.59. The van der Waals surface area contributed by atoms with Gasteiger partial charge >= 0.3 is 11.9 Å². The number of hydrogen-bond donors (Lipinski definition) is 10. The second kappa shape index (κ2) is 14.9. The smallest absolute Gasteiger partial charge is 0.322 e. The van der Waals surface area contributed by atoms with E-state index in [-0.39, 0.29) is 24.5 Å². The number of aliphatic hydroxyl groups excluding tert-OH is 3. The molecular formula is C20H34N4O10S2. The Morgan fingerprint density at radius 2 is 1.78 bits per heavy atom. The van der Waals surface area contributed by atoms with Crippen LogP contribution in [0.15, 0.2) is 0 Å². The summed E-state index contributed by atoms with van der Waals surface area (Å²) in [5.74, 6) is -5.10. The van der Waals surface area contributed by atoms with Crippen LogP contribution in [0.2, 0.25) is 0 Å². The van der Waals surface area contributed by atoms with Gasteiger partial charge in [0.05, 0.1) is 18.1 Å². The number of nitrogens with two attached hydrogens (primary N) is 1. The summed E-state index contributed by atoms with van der Waals surface area (Å²) in [7, 11) is 0. The number of thiocarbonyl (C=S) groups is 1. The minimum atomic E-state index is -1.62. The number of rotatable bonds is 12. The van der Waals surface area contributed by atoms with Crippen molar-refractivity contribution >= 4 is 59.6 Å².